The maximum Gasteiger partial charge on any atom is 0.127 e. The topological polar surface area (TPSA) is 74.9 Å². The van der Waals surface area contributed by atoms with E-state index in [-0.39, 0.29) is 31.4 Å². The van der Waals surface area contributed by atoms with E-state index in [4.69, 9.17) is 17.3 Å². The minimum atomic E-state index is -1.24. The average Bonchev–Trinajstić information content (AvgIpc) is 3.09. The Morgan fingerprint density at radius 1 is 0.958 bits per heavy atom. The summed E-state index contributed by atoms with van der Waals surface area (Å²) in [6, 6.07) is 14.7. The molecule has 1 heterocycles. The summed E-state index contributed by atoms with van der Waals surface area (Å²) in [5, 5.41) is 18.3. The van der Waals surface area contributed by atoms with E-state index in [9.17, 15) is 5.11 Å². The van der Waals surface area contributed by atoms with E-state index in [0.717, 1.165) is 22.3 Å². The summed E-state index contributed by atoms with van der Waals surface area (Å²) in [6.45, 7) is 0.0830. The monoisotopic (exact) mass is 385 g/mol. The summed E-state index contributed by atoms with van der Waals surface area (Å²) in [7, 11) is 0. The van der Waals surface area contributed by atoms with Crippen LogP contribution in [0.5, 0.6) is 0 Å². The van der Waals surface area contributed by atoms with Crippen molar-refractivity contribution in [3.05, 3.63) is 77.1 Å². The minimum Gasteiger partial charge on any atom is -0.379 e. The van der Waals surface area contributed by atoms with Crippen LogP contribution < -0.4 is 5.73 Å². The van der Waals surface area contributed by atoms with Crippen molar-refractivity contribution < 1.29 is 5.11 Å². The lowest BCUT2D eigenvalue weighted by Gasteiger charge is -2.28. The highest BCUT2D eigenvalue weighted by Crippen LogP contribution is 2.31. The first-order valence-corrected chi connectivity index (χ1v) is 7.29. The van der Waals surface area contributed by atoms with Crippen LogP contribution in [0.15, 0.2) is 60.9 Å². The molecule has 24 heavy (non-hydrogen) atoms. The average molecular weight is 387 g/mol. The van der Waals surface area contributed by atoms with Crippen molar-refractivity contribution in [2.45, 2.75) is 5.60 Å². The number of aromatic nitrogens is 2. The van der Waals surface area contributed by atoms with Gasteiger partial charge in [-0.1, -0.05) is 48.0 Å². The molecule has 128 valence electrons. The van der Waals surface area contributed by atoms with E-state index in [2.05, 4.69) is 10.2 Å². The summed E-state index contributed by atoms with van der Waals surface area (Å²) in [6.07, 6.45) is 3.58. The van der Waals surface area contributed by atoms with E-state index in [0.29, 0.717) is 5.02 Å². The number of H-pyrrole nitrogens is 1. The molecular formula is C17H18Cl3N3O. The number of aliphatic hydroxyl groups is 1. The van der Waals surface area contributed by atoms with Gasteiger partial charge in [0.05, 0.1) is 6.20 Å². The Labute approximate surface area is 157 Å². The van der Waals surface area contributed by atoms with Gasteiger partial charge in [-0.3, -0.25) is 5.10 Å². The lowest BCUT2D eigenvalue weighted by atomic mass is 9.86. The first-order chi connectivity index (χ1) is 10.6. The summed E-state index contributed by atoms with van der Waals surface area (Å²) in [4.78, 5) is 0. The van der Waals surface area contributed by atoms with Crippen LogP contribution in [0.2, 0.25) is 5.02 Å². The molecule has 0 saturated carbocycles. The van der Waals surface area contributed by atoms with Gasteiger partial charge in [0.15, 0.2) is 0 Å². The molecule has 0 aliphatic carbocycles. The number of nitrogens with one attached hydrogen (secondary N) is 1. The number of benzene rings is 2. The van der Waals surface area contributed by atoms with E-state index >= 15 is 0 Å². The van der Waals surface area contributed by atoms with Crippen molar-refractivity contribution in [2.75, 3.05) is 6.54 Å². The lowest BCUT2D eigenvalue weighted by molar-refractivity contribution is 0.0902. The number of hydrogen-bond acceptors (Lipinski definition) is 3. The smallest absolute Gasteiger partial charge is 0.127 e. The maximum absolute atomic E-state index is 11.0. The molecular weight excluding hydrogens is 369 g/mol. The standard InChI is InChI=1S/C17H16ClN3O.2ClH/c18-16-7-5-15(6-8-16)17(22,11-19)14-3-1-12(2-4-14)13-9-20-21-10-13;;/h1-10,22H,11,19H2,(H,20,21);2*1H/t17-;;/m0../s1. The minimum absolute atomic E-state index is 0. The van der Waals surface area contributed by atoms with Gasteiger partial charge >= 0.3 is 0 Å². The van der Waals surface area contributed by atoms with Crippen LogP contribution in [-0.4, -0.2) is 21.8 Å². The molecule has 3 aromatic rings. The second kappa shape index (κ2) is 8.51. The zero-order valence-electron chi connectivity index (χ0n) is 12.6. The fourth-order valence-electron chi connectivity index (χ4n) is 2.48. The quantitative estimate of drug-likeness (QED) is 0.639. The molecule has 1 atom stereocenters. The van der Waals surface area contributed by atoms with E-state index in [1.54, 1.807) is 30.5 Å². The van der Waals surface area contributed by atoms with Gasteiger partial charge in [-0.25, -0.2) is 0 Å². The molecule has 7 heteroatoms. The molecule has 0 fully saturated rings. The van der Waals surface area contributed by atoms with Crippen molar-refractivity contribution in [3.8, 4) is 11.1 Å². The van der Waals surface area contributed by atoms with E-state index in [1.165, 1.54) is 0 Å². The predicted molar refractivity (Wildman–Crippen MR) is 102 cm³/mol. The normalized spacial score (nSPS) is 12.6. The highest BCUT2D eigenvalue weighted by molar-refractivity contribution is 6.30. The number of hydrogen-bond donors (Lipinski definition) is 3. The third-order valence-electron chi connectivity index (χ3n) is 3.81. The van der Waals surface area contributed by atoms with Crippen LogP contribution in [0.4, 0.5) is 0 Å². The first-order valence-electron chi connectivity index (χ1n) is 6.91. The van der Waals surface area contributed by atoms with Gasteiger partial charge in [0.1, 0.15) is 5.60 Å². The second-order valence-electron chi connectivity index (χ2n) is 5.14. The van der Waals surface area contributed by atoms with E-state index in [1.807, 2.05) is 30.5 Å². The number of nitrogens with two attached hydrogens (primary N) is 1. The Morgan fingerprint density at radius 3 is 1.96 bits per heavy atom. The fraction of sp³-hybridized carbons (Fsp3) is 0.118. The highest BCUT2D eigenvalue weighted by Gasteiger charge is 2.29. The van der Waals surface area contributed by atoms with Gasteiger partial charge < -0.3 is 10.8 Å². The predicted octanol–water partition coefficient (Wildman–Crippen LogP) is 3.77. The van der Waals surface area contributed by atoms with Crippen LogP contribution in [0.25, 0.3) is 11.1 Å². The van der Waals surface area contributed by atoms with Crippen molar-refractivity contribution in [2.24, 2.45) is 5.73 Å². The van der Waals surface area contributed by atoms with Gasteiger partial charge in [-0.05, 0) is 28.8 Å². The van der Waals surface area contributed by atoms with Crippen molar-refractivity contribution in [1.82, 2.24) is 10.2 Å². The van der Waals surface area contributed by atoms with Crippen LogP contribution >= 0.6 is 36.4 Å². The Hall–Kier alpha value is -1.56. The van der Waals surface area contributed by atoms with Gasteiger partial charge in [-0.2, -0.15) is 5.10 Å². The highest BCUT2D eigenvalue weighted by atomic mass is 35.5. The number of rotatable bonds is 4. The molecule has 0 bridgehead atoms. The van der Waals surface area contributed by atoms with Gasteiger partial charge in [-0.15, -0.1) is 24.8 Å². The molecule has 0 spiro atoms. The molecule has 0 aliphatic heterocycles. The number of aromatic amines is 1. The summed E-state index contributed by atoms with van der Waals surface area (Å²) >= 11 is 5.91. The number of nitrogens with zero attached hydrogens (tertiary/aromatic N) is 1. The molecule has 2 aromatic carbocycles. The van der Waals surface area contributed by atoms with Crippen LogP contribution in [-0.2, 0) is 5.60 Å². The van der Waals surface area contributed by atoms with Crippen LogP contribution in [0.3, 0.4) is 0 Å². The summed E-state index contributed by atoms with van der Waals surface area (Å²) in [5.74, 6) is 0. The van der Waals surface area contributed by atoms with Gasteiger partial charge in [0.25, 0.3) is 0 Å². The Bertz CT molecular complexity index is 746. The largest absolute Gasteiger partial charge is 0.379 e. The number of halogens is 3. The molecule has 0 unspecified atom stereocenters. The Morgan fingerprint density at radius 2 is 1.50 bits per heavy atom. The molecule has 0 amide bonds. The van der Waals surface area contributed by atoms with Crippen molar-refractivity contribution >= 4 is 36.4 Å². The first kappa shape index (κ1) is 20.5. The zero-order chi connectivity index (χ0) is 15.6. The maximum atomic E-state index is 11.0. The fourth-order valence-corrected chi connectivity index (χ4v) is 2.60. The van der Waals surface area contributed by atoms with Crippen LogP contribution in [0.1, 0.15) is 11.1 Å². The molecule has 0 aliphatic rings. The Kier molecular flexibility index (Phi) is 7.27. The molecule has 0 radical (unpaired) electrons. The molecule has 4 nitrogen and oxygen atoms in total. The van der Waals surface area contributed by atoms with E-state index < -0.39 is 5.60 Å². The molecule has 4 N–H and O–H groups in total. The lowest BCUT2D eigenvalue weighted by Crippen LogP contribution is -2.36. The zero-order valence-corrected chi connectivity index (χ0v) is 15.0. The Balaban J connectivity index is 0.00000144. The van der Waals surface area contributed by atoms with Crippen molar-refractivity contribution in [3.63, 3.8) is 0 Å². The molecule has 1 aromatic heterocycles. The van der Waals surface area contributed by atoms with Gasteiger partial charge in [0.2, 0.25) is 0 Å². The molecule has 0 saturated heterocycles. The van der Waals surface area contributed by atoms with Gasteiger partial charge in [0, 0.05) is 23.3 Å². The molecule has 3 rings (SSSR count). The third kappa shape index (κ3) is 3.91. The van der Waals surface area contributed by atoms with Crippen LogP contribution in [0, 0.1) is 0 Å². The summed E-state index contributed by atoms with van der Waals surface area (Å²) < 4.78 is 0. The second-order valence-corrected chi connectivity index (χ2v) is 5.57. The third-order valence-corrected chi connectivity index (χ3v) is 4.06. The summed E-state index contributed by atoms with van der Waals surface area (Å²) in [5.41, 5.74) is 8.08. The SMILES string of the molecule is Cl.Cl.NC[C@@](O)(c1ccc(Cl)cc1)c1ccc(-c2cn[nH]c2)cc1. The van der Waals surface area contributed by atoms with Crippen molar-refractivity contribution in [1.29, 1.82) is 0 Å².